The van der Waals surface area contributed by atoms with Gasteiger partial charge in [0.1, 0.15) is 0 Å². The molecule has 4 nitrogen and oxygen atoms in total. The normalized spacial score (nSPS) is 10.3. The van der Waals surface area contributed by atoms with E-state index in [1.54, 1.807) is 14.2 Å². The zero-order valence-electron chi connectivity index (χ0n) is 15.6. The minimum absolute atomic E-state index is 0.0164. The molecule has 0 aliphatic heterocycles. The van der Waals surface area contributed by atoms with Crippen LogP contribution in [0, 0.1) is 0 Å². The molecule has 1 N–H and O–H groups in total. The Labute approximate surface area is 159 Å². The van der Waals surface area contributed by atoms with E-state index in [1.807, 2.05) is 60.7 Å². The van der Waals surface area contributed by atoms with Crippen molar-refractivity contribution in [2.45, 2.75) is 12.8 Å². The number of nitrogens with one attached hydrogen (secondary N) is 1. The second-order valence-corrected chi connectivity index (χ2v) is 6.18. The molecular weight excluding hydrogens is 338 g/mol. The molecule has 3 rings (SSSR count). The van der Waals surface area contributed by atoms with Crippen molar-refractivity contribution in [1.82, 2.24) is 0 Å². The number of aryl methyl sites for hydroxylation is 1. The summed E-state index contributed by atoms with van der Waals surface area (Å²) >= 11 is 0. The average Bonchev–Trinajstić information content (AvgIpc) is 2.73. The van der Waals surface area contributed by atoms with Crippen molar-refractivity contribution in [3.63, 3.8) is 0 Å². The van der Waals surface area contributed by atoms with Crippen molar-refractivity contribution < 1.29 is 14.3 Å². The second kappa shape index (κ2) is 8.90. The number of hydrogen-bond donors (Lipinski definition) is 1. The third-order valence-corrected chi connectivity index (χ3v) is 4.36. The molecule has 0 fully saturated rings. The predicted molar refractivity (Wildman–Crippen MR) is 108 cm³/mol. The standard InChI is InChI=1S/C23H23NO3/c1-26-21-14-8-17(16-22(21)27-2)9-15-23(25)24-20-12-10-19(11-13-20)18-6-4-3-5-7-18/h3-8,10-14,16H,9,15H2,1-2H3,(H,24,25). The maximum absolute atomic E-state index is 12.3. The molecule has 0 unspecified atom stereocenters. The van der Waals surface area contributed by atoms with Crippen molar-refractivity contribution in [2.24, 2.45) is 0 Å². The third kappa shape index (κ3) is 4.88. The van der Waals surface area contributed by atoms with Gasteiger partial charge in [0, 0.05) is 12.1 Å². The van der Waals surface area contributed by atoms with E-state index in [-0.39, 0.29) is 5.91 Å². The number of benzene rings is 3. The van der Waals surface area contributed by atoms with Crippen molar-refractivity contribution in [3.8, 4) is 22.6 Å². The number of carbonyl (C=O) groups is 1. The van der Waals surface area contributed by atoms with Crippen molar-refractivity contribution in [3.05, 3.63) is 78.4 Å². The first-order valence-corrected chi connectivity index (χ1v) is 8.86. The van der Waals surface area contributed by atoms with Gasteiger partial charge in [-0.15, -0.1) is 0 Å². The van der Waals surface area contributed by atoms with Crippen LogP contribution in [0.15, 0.2) is 72.8 Å². The minimum Gasteiger partial charge on any atom is -0.493 e. The summed E-state index contributed by atoms with van der Waals surface area (Å²) in [5, 5.41) is 2.95. The van der Waals surface area contributed by atoms with Crippen LogP contribution in [-0.4, -0.2) is 20.1 Å². The number of methoxy groups -OCH3 is 2. The molecule has 0 spiro atoms. The number of ether oxygens (including phenoxy) is 2. The molecule has 0 aromatic heterocycles. The summed E-state index contributed by atoms with van der Waals surface area (Å²) in [4.78, 5) is 12.3. The molecular formula is C23H23NO3. The monoisotopic (exact) mass is 361 g/mol. The molecule has 0 aliphatic rings. The lowest BCUT2D eigenvalue weighted by atomic mass is 10.1. The Bertz CT molecular complexity index is 889. The van der Waals surface area contributed by atoms with E-state index in [0.717, 1.165) is 22.4 Å². The highest BCUT2D eigenvalue weighted by Gasteiger charge is 2.07. The molecule has 0 radical (unpaired) electrons. The maximum atomic E-state index is 12.3. The Hall–Kier alpha value is -3.27. The Kier molecular flexibility index (Phi) is 6.10. The summed E-state index contributed by atoms with van der Waals surface area (Å²) in [6.07, 6.45) is 1.03. The fourth-order valence-corrected chi connectivity index (χ4v) is 2.89. The van der Waals surface area contributed by atoms with Crippen LogP contribution < -0.4 is 14.8 Å². The van der Waals surface area contributed by atoms with Gasteiger partial charge < -0.3 is 14.8 Å². The van der Waals surface area contributed by atoms with Gasteiger partial charge in [-0.2, -0.15) is 0 Å². The lowest BCUT2D eigenvalue weighted by Gasteiger charge is -2.10. The number of amides is 1. The summed E-state index contributed by atoms with van der Waals surface area (Å²) < 4.78 is 10.5. The summed E-state index contributed by atoms with van der Waals surface area (Å²) in [5.74, 6) is 1.34. The van der Waals surface area contributed by atoms with E-state index in [1.165, 1.54) is 0 Å². The topological polar surface area (TPSA) is 47.6 Å². The van der Waals surface area contributed by atoms with Crippen LogP contribution in [0.1, 0.15) is 12.0 Å². The highest BCUT2D eigenvalue weighted by atomic mass is 16.5. The highest BCUT2D eigenvalue weighted by Crippen LogP contribution is 2.28. The average molecular weight is 361 g/mol. The molecule has 0 bridgehead atoms. The molecule has 138 valence electrons. The van der Waals surface area contributed by atoms with E-state index >= 15 is 0 Å². The van der Waals surface area contributed by atoms with Gasteiger partial charge in [-0.05, 0) is 47.4 Å². The molecule has 0 atom stereocenters. The van der Waals surface area contributed by atoms with E-state index in [4.69, 9.17) is 9.47 Å². The molecule has 0 saturated heterocycles. The molecule has 3 aromatic carbocycles. The first-order chi connectivity index (χ1) is 13.2. The molecule has 1 amide bonds. The van der Waals surface area contributed by atoms with E-state index < -0.39 is 0 Å². The van der Waals surface area contributed by atoms with Crippen molar-refractivity contribution in [1.29, 1.82) is 0 Å². The van der Waals surface area contributed by atoms with E-state index in [0.29, 0.717) is 24.3 Å². The Morgan fingerprint density at radius 2 is 1.48 bits per heavy atom. The SMILES string of the molecule is COc1ccc(CCC(=O)Nc2ccc(-c3ccccc3)cc2)cc1OC. The van der Waals surface area contributed by atoms with Crippen LogP contribution >= 0.6 is 0 Å². The largest absolute Gasteiger partial charge is 0.493 e. The van der Waals surface area contributed by atoms with E-state index in [9.17, 15) is 4.79 Å². The van der Waals surface area contributed by atoms with Gasteiger partial charge in [0.05, 0.1) is 14.2 Å². The van der Waals surface area contributed by atoms with Gasteiger partial charge >= 0.3 is 0 Å². The fourth-order valence-electron chi connectivity index (χ4n) is 2.89. The van der Waals surface area contributed by atoms with Crippen LogP contribution in [0.4, 0.5) is 5.69 Å². The third-order valence-electron chi connectivity index (χ3n) is 4.36. The first-order valence-electron chi connectivity index (χ1n) is 8.86. The molecule has 0 aliphatic carbocycles. The summed E-state index contributed by atoms with van der Waals surface area (Å²) in [6.45, 7) is 0. The number of carbonyl (C=O) groups excluding carboxylic acids is 1. The smallest absolute Gasteiger partial charge is 0.224 e. The zero-order chi connectivity index (χ0) is 19.1. The number of hydrogen-bond acceptors (Lipinski definition) is 3. The van der Waals surface area contributed by atoms with Crippen LogP contribution in [0.2, 0.25) is 0 Å². The van der Waals surface area contributed by atoms with Gasteiger partial charge in [0.25, 0.3) is 0 Å². The number of rotatable bonds is 7. The quantitative estimate of drug-likeness (QED) is 0.648. The Morgan fingerprint density at radius 1 is 0.815 bits per heavy atom. The summed E-state index contributed by atoms with van der Waals surface area (Å²) in [7, 11) is 3.21. The van der Waals surface area contributed by atoms with Crippen LogP contribution in [0.3, 0.4) is 0 Å². The second-order valence-electron chi connectivity index (χ2n) is 6.18. The molecule has 0 heterocycles. The Morgan fingerprint density at radius 3 is 2.15 bits per heavy atom. The predicted octanol–water partition coefficient (Wildman–Crippen LogP) is 4.94. The molecule has 4 heteroatoms. The van der Waals surface area contributed by atoms with E-state index in [2.05, 4.69) is 17.4 Å². The zero-order valence-corrected chi connectivity index (χ0v) is 15.6. The highest BCUT2D eigenvalue weighted by molar-refractivity contribution is 5.91. The van der Waals surface area contributed by atoms with Gasteiger partial charge in [-0.25, -0.2) is 0 Å². The fraction of sp³-hybridized carbons (Fsp3) is 0.174. The Balaban J connectivity index is 1.56. The summed E-state index contributed by atoms with van der Waals surface area (Å²) in [5.41, 5.74) is 4.11. The van der Waals surface area contributed by atoms with Crippen LogP contribution in [0.25, 0.3) is 11.1 Å². The molecule has 27 heavy (non-hydrogen) atoms. The van der Waals surface area contributed by atoms with Gasteiger partial charge in [0.2, 0.25) is 5.91 Å². The minimum atomic E-state index is -0.0164. The van der Waals surface area contributed by atoms with Crippen molar-refractivity contribution >= 4 is 11.6 Å². The maximum Gasteiger partial charge on any atom is 0.224 e. The molecule has 3 aromatic rings. The van der Waals surface area contributed by atoms with Crippen LogP contribution in [-0.2, 0) is 11.2 Å². The summed E-state index contributed by atoms with van der Waals surface area (Å²) in [6, 6.07) is 23.7. The van der Waals surface area contributed by atoms with Crippen molar-refractivity contribution in [2.75, 3.05) is 19.5 Å². The molecule has 0 saturated carbocycles. The first kappa shape index (κ1) is 18.5. The van der Waals surface area contributed by atoms with Crippen LogP contribution in [0.5, 0.6) is 11.5 Å². The number of anilines is 1. The van der Waals surface area contributed by atoms with Gasteiger partial charge in [-0.1, -0.05) is 48.5 Å². The van der Waals surface area contributed by atoms with Gasteiger partial charge in [0.15, 0.2) is 11.5 Å². The lowest BCUT2D eigenvalue weighted by molar-refractivity contribution is -0.116. The van der Waals surface area contributed by atoms with Gasteiger partial charge in [-0.3, -0.25) is 4.79 Å². The lowest BCUT2D eigenvalue weighted by Crippen LogP contribution is -2.12.